The summed E-state index contributed by atoms with van der Waals surface area (Å²) in [5.74, 6) is -10.3. The summed E-state index contributed by atoms with van der Waals surface area (Å²) in [5.41, 5.74) is -0.198. The first-order valence-electron chi connectivity index (χ1n) is 10.4. The number of halogens is 7. The topological polar surface area (TPSA) is 20.2 Å². The first-order chi connectivity index (χ1) is 14.6. The van der Waals surface area contributed by atoms with Crippen LogP contribution < -0.4 is 24.8 Å². The molecule has 0 amide bonds. The van der Waals surface area contributed by atoms with E-state index in [9.17, 15) is 27.1 Å². The number of phenols is 1. The number of aromatic hydroxyl groups is 1. The summed E-state index contributed by atoms with van der Waals surface area (Å²) < 4.78 is 72.1. The molecule has 1 N–H and O–H groups in total. The first-order valence-corrected chi connectivity index (χ1v) is 10.4. The molecule has 190 valence electrons. The van der Waals surface area contributed by atoms with Crippen molar-refractivity contribution in [1.29, 1.82) is 0 Å². The van der Waals surface area contributed by atoms with Crippen LogP contribution in [0.2, 0.25) is 0 Å². The van der Waals surface area contributed by atoms with Crippen LogP contribution in [0.4, 0.5) is 22.0 Å². The second-order valence-electron chi connectivity index (χ2n) is 10.2. The average molecular weight is 569 g/mol. The van der Waals surface area contributed by atoms with Crippen LogP contribution in [0.1, 0.15) is 70.2 Å². The first kappa shape index (κ1) is 33.7. The minimum Gasteiger partial charge on any atom is -1.00 e. The Morgan fingerprint density at radius 2 is 1.09 bits per heavy atom. The van der Waals surface area contributed by atoms with Gasteiger partial charge in [-0.15, -0.1) is 0 Å². The van der Waals surface area contributed by atoms with E-state index in [1.54, 1.807) is 27.7 Å². The van der Waals surface area contributed by atoms with Crippen LogP contribution >= 0.6 is 0 Å². The molecule has 2 aromatic rings. The Kier molecular flexibility index (Phi) is 10.9. The largest absolute Gasteiger partial charge is 2.00 e. The molecule has 0 saturated carbocycles. The van der Waals surface area contributed by atoms with E-state index in [-0.39, 0.29) is 63.4 Å². The van der Waals surface area contributed by atoms with Gasteiger partial charge in [0.1, 0.15) is 5.75 Å². The molecule has 35 heavy (non-hydrogen) atoms. The zero-order valence-electron chi connectivity index (χ0n) is 20.5. The van der Waals surface area contributed by atoms with Crippen LogP contribution in [-0.2, 0) is 32.5 Å². The fourth-order valence-corrected chi connectivity index (χ4v) is 4.49. The summed E-state index contributed by atoms with van der Waals surface area (Å²) in [7, 11) is 0. The van der Waals surface area contributed by atoms with Gasteiger partial charge in [0.25, 0.3) is 0 Å². The van der Waals surface area contributed by atoms with Crippen molar-refractivity contribution in [1.82, 2.24) is 0 Å². The van der Waals surface area contributed by atoms with Crippen molar-refractivity contribution in [3.63, 3.8) is 0 Å². The van der Waals surface area contributed by atoms with Crippen LogP contribution in [0.15, 0.2) is 18.2 Å². The van der Waals surface area contributed by atoms with Gasteiger partial charge in [-0.1, -0.05) is 59.8 Å². The second-order valence-corrected chi connectivity index (χ2v) is 10.2. The molecule has 0 atom stereocenters. The molecule has 2 aromatic carbocycles. The van der Waals surface area contributed by atoms with Crippen molar-refractivity contribution in [2.24, 2.45) is 0 Å². The Bertz CT molecular complexity index is 1160. The van der Waals surface area contributed by atoms with E-state index < -0.39 is 45.5 Å². The summed E-state index contributed by atoms with van der Waals surface area (Å²) in [5, 5.41) is 11.5. The Morgan fingerprint density at radius 1 is 0.686 bits per heavy atom. The second kappa shape index (κ2) is 11.4. The van der Waals surface area contributed by atoms with Crippen LogP contribution in [0.5, 0.6) is 5.75 Å². The van der Waals surface area contributed by atoms with Gasteiger partial charge in [-0.05, 0) is 46.4 Å². The molecule has 1 nitrogen and oxygen atoms in total. The molecule has 0 spiro atoms. The molecule has 0 fully saturated rings. The van der Waals surface area contributed by atoms with E-state index in [1.807, 2.05) is 39.0 Å². The van der Waals surface area contributed by atoms with Crippen molar-refractivity contribution in [2.75, 3.05) is 0 Å². The van der Waals surface area contributed by atoms with Crippen LogP contribution in [0, 0.1) is 36.0 Å². The SMILES string of the molecule is Cc1c(C2=CC=CC2)c(C(C)(C)C)c(O)c(C(C)(C)C)c1-c1c(F)c(F)c(F)c(F)c1F.[Cl-].[Cl-].[Ti+2]. The van der Waals surface area contributed by atoms with Gasteiger partial charge in [-0.2, -0.15) is 0 Å². The van der Waals surface area contributed by atoms with E-state index in [2.05, 4.69) is 0 Å². The third-order valence-corrected chi connectivity index (χ3v) is 5.78. The molecule has 0 unspecified atom stereocenters. The Balaban J connectivity index is 0.00000385. The van der Waals surface area contributed by atoms with Gasteiger partial charge in [-0.25, -0.2) is 22.0 Å². The van der Waals surface area contributed by atoms with Gasteiger partial charge in [-0.3, -0.25) is 0 Å². The molecule has 9 heteroatoms. The average Bonchev–Trinajstić information content (AvgIpc) is 3.19. The summed E-state index contributed by atoms with van der Waals surface area (Å²) >= 11 is 0. The molecule has 0 aliphatic heterocycles. The van der Waals surface area contributed by atoms with Gasteiger partial charge in [0, 0.05) is 11.1 Å². The normalized spacial score (nSPS) is 13.1. The van der Waals surface area contributed by atoms with Crippen LogP contribution in [0.3, 0.4) is 0 Å². The summed E-state index contributed by atoms with van der Waals surface area (Å²) in [4.78, 5) is 0. The van der Waals surface area contributed by atoms with E-state index in [1.165, 1.54) is 0 Å². The maximum absolute atomic E-state index is 15.0. The molecule has 0 radical (unpaired) electrons. The molecule has 0 saturated heterocycles. The molecule has 1 aliphatic carbocycles. The van der Waals surface area contributed by atoms with E-state index >= 15 is 0 Å². The molecular formula is C26H27Cl2F5OTi. The Labute approximate surface area is 230 Å². The number of rotatable bonds is 2. The quantitative estimate of drug-likeness (QED) is 0.254. The minimum absolute atomic E-state index is 0. The fourth-order valence-electron chi connectivity index (χ4n) is 4.49. The summed E-state index contributed by atoms with van der Waals surface area (Å²) in [6.07, 6.45) is 6.08. The van der Waals surface area contributed by atoms with E-state index in [0.717, 1.165) is 5.57 Å². The number of allylic oxidation sites excluding steroid dienone is 4. The number of benzene rings is 2. The maximum atomic E-state index is 15.0. The molecular weight excluding hydrogens is 542 g/mol. The van der Waals surface area contributed by atoms with E-state index in [4.69, 9.17) is 0 Å². The van der Waals surface area contributed by atoms with Crippen LogP contribution in [0.25, 0.3) is 16.7 Å². The van der Waals surface area contributed by atoms with E-state index in [0.29, 0.717) is 23.1 Å². The third-order valence-electron chi connectivity index (χ3n) is 5.78. The Hall–Kier alpha value is -1.34. The zero-order valence-corrected chi connectivity index (χ0v) is 23.6. The van der Waals surface area contributed by atoms with Gasteiger partial charge >= 0.3 is 21.7 Å². The molecule has 0 bridgehead atoms. The predicted octanol–water partition coefficient (Wildman–Crippen LogP) is 2.01. The molecule has 1 aliphatic rings. The van der Waals surface area contributed by atoms with Crippen molar-refractivity contribution >= 4 is 5.57 Å². The maximum Gasteiger partial charge on any atom is 2.00 e. The van der Waals surface area contributed by atoms with Crippen molar-refractivity contribution in [3.05, 3.63) is 69.6 Å². The number of hydrogen-bond donors (Lipinski definition) is 1. The smallest absolute Gasteiger partial charge is 1.00 e. The van der Waals surface area contributed by atoms with Crippen molar-refractivity contribution in [3.8, 4) is 16.9 Å². The summed E-state index contributed by atoms with van der Waals surface area (Å²) in [6, 6.07) is 0. The standard InChI is InChI=1S/C26H27F5O.2ClH.Ti/c1-12-14(13-10-8-9-11-13)17(25(2,3)4)24(32)18(26(5,6)7)15(12)16-19(27)21(29)23(31)22(30)20(16)28;;;/h8-10,32H,11H2,1-7H3;2*1H;/q;;;+2/p-2. The van der Waals surface area contributed by atoms with Gasteiger partial charge in [0.05, 0.1) is 5.56 Å². The van der Waals surface area contributed by atoms with Gasteiger partial charge in [0.2, 0.25) is 5.82 Å². The number of phenolic OH excluding ortho intramolecular Hbond substituents is 1. The van der Waals surface area contributed by atoms with Crippen molar-refractivity contribution in [2.45, 2.75) is 65.7 Å². The zero-order chi connectivity index (χ0) is 24.3. The van der Waals surface area contributed by atoms with Crippen molar-refractivity contribution < 1.29 is 73.6 Å². The summed E-state index contributed by atoms with van der Waals surface area (Å²) in [6.45, 7) is 12.5. The minimum atomic E-state index is -2.21. The monoisotopic (exact) mass is 568 g/mol. The van der Waals surface area contributed by atoms with Gasteiger partial charge in [0.15, 0.2) is 23.3 Å². The van der Waals surface area contributed by atoms with Crippen LogP contribution in [-0.4, -0.2) is 5.11 Å². The fraction of sp³-hybridized carbons (Fsp3) is 0.385. The molecule has 0 aromatic heterocycles. The molecule has 0 heterocycles. The molecule has 3 rings (SSSR count). The number of hydrogen-bond acceptors (Lipinski definition) is 1. The van der Waals surface area contributed by atoms with Gasteiger partial charge < -0.3 is 29.9 Å². The third kappa shape index (κ3) is 5.66. The predicted molar refractivity (Wildman–Crippen MR) is 117 cm³/mol. The Morgan fingerprint density at radius 3 is 1.46 bits per heavy atom.